The molecule has 2 aromatic rings. The van der Waals surface area contributed by atoms with Gasteiger partial charge >= 0.3 is 0 Å². The van der Waals surface area contributed by atoms with Crippen molar-refractivity contribution in [3.05, 3.63) is 41.7 Å². The molecule has 8 heteroatoms. The zero-order valence-electron chi connectivity index (χ0n) is 19.5. The number of rotatable bonds is 9. The fraction of sp³-hybridized carbons (Fsp3) is 0.583. The standard InChI is InChI=1S/C24H35N5O2S/c1-5-29-22(21(16(2)3)26-23(31)18-12-7-6-8-13-18)27-28-24(29)32-15-20(30)25-19-14-10-9-11-17(19)4/h6-8,12-13,16-17,19,21H,5,9-11,14-15H2,1-4H3,(H,25,30)(H,26,31)/t17-,19+,21+/m0/s1. The second kappa shape index (κ2) is 11.5. The lowest BCUT2D eigenvalue weighted by molar-refractivity contribution is -0.119. The van der Waals surface area contributed by atoms with Crippen LogP contribution < -0.4 is 10.6 Å². The molecule has 1 aromatic heterocycles. The summed E-state index contributed by atoms with van der Waals surface area (Å²) in [7, 11) is 0. The Balaban J connectivity index is 1.66. The quantitative estimate of drug-likeness (QED) is 0.551. The predicted molar refractivity (Wildman–Crippen MR) is 127 cm³/mol. The zero-order valence-corrected chi connectivity index (χ0v) is 20.3. The van der Waals surface area contributed by atoms with Crippen molar-refractivity contribution < 1.29 is 9.59 Å². The van der Waals surface area contributed by atoms with Crippen LogP contribution in [0.3, 0.4) is 0 Å². The normalized spacial score (nSPS) is 19.5. The number of benzene rings is 1. The minimum atomic E-state index is -0.276. The number of carbonyl (C=O) groups is 2. The van der Waals surface area contributed by atoms with Crippen LogP contribution >= 0.6 is 11.8 Å². The molecule has 2 N–H and O–H groups in total. The van der Waals surface area contributed by atoms with E-state index in [4.69, 9.17) is 0 Å². The Morgan fingerprint density at radius 3 is 2.53 bits per heavy atom. The Labute approximate surface area is 195 Å². The summed E-state index contributed by atoms with van der Waals surface area (Å²) in [4.78, 5) is 25.3. The van der Waals surface area contributed by atoms with Crippen molar-refractivity contribution in [2.75, 3.05) is 5.75 Å². The van der Waals surface area contributed by atoms with Gasteiger partial charge < -0.3 is 15.2 Å². The molecule has 174 valence electrons. The summed E-state index contributed by atoms with van der Waals surface area (Å²) in [6.45, 7) is 9.01. The van der Waals surface area contributed by atoms with E-state index < -0.39 is 0 Å². The predicted octanol–water partition coefficient (Wildman–Crippen LogP) is 4.21. The first-order valence-corrected chi connectivity index (χ1v) is 12.6. The highest BCUT2D eigenvalue weighted by atomic mass is 32.2. The average Bonchev–Trinajstić information content (AvgIpc) is 3.20. The second-order valence-corrected chi connectivity index (χ2v) is 9.81. The third kappa shape index (κ3) is 6.12. The third-order valence-electron chi connectivity index (χ3n) is 6.12. The number of nitrogens with zero attached hydrogens (tertiary/aromatic N) is 3. The lowest BCUT2D eigenvalue weighted by atomic mass is 9.86. The van der Waals surface area contributed by atoms with Gasteiger partial charge in [-0.3, -0.25) is 9.59 Å². The average molecular weight is 458 g/mol. The highest BCUT2D eigenvalue weighted by Gasteiger charge is 2.27. The summed E-state index contributed by atoms with van der Waals surface area (Å²) < 4.78 is 2.00. The van der Waals surface area contributed by atoms with Crippen LogP contribution in [0.1, 0.15) is 75.6 Å². The summed E-state index contributed by atoms with van der Waals surface area (Å²) in [6, 6.07) is 9.17. The van der Waals surface area contributed by atoms with Gasteiger partial charge in [0.1, 0.15) is 0 Å². The van der Waals surface area contributed by atoms with E-state index in [2.05, 4.69) is 41.6 Å². The van der Waals surface area contributed by atoms with Crippen molar-refractivity contribution in [2.24, 2.45) is 11.8 Å². The van der Waals surface area contributed by atoms with Gasteiger partial charge in [-0.05, 0) is 43.7 Å². The Hall–Kier alpha value is -2.35. The molecule has 0 bridgehead atoms. The van der Waals surface area contributed by atoms with Gasteiger partial charge in [0.05, 0.1) is 11.8 Å². The van der Waals surface area contributed by atoms with Crippen LogP contribution in [0.5, 0.6) is 0 Å². The number of aromatic nitrogens is 3. The Kier molecular flexibility index (Phi) is 8.73. The molecule has 1 saturated carbocycles. The fourth-order valence-corrected chi connectivity index (χ4v) is 5.01. The lowest BCUT2D eigenvalue weighted by Crippen LogP contribution is -2.41. The van der Waals surface area contributed by atoms with Crippen molar-refractivity contribution in [3.63, 3.8) is 0 Å². The molecule has 1 heterocycles. The van der Waals surface area contributed by atoms with E-state index in [9.17, 15) is 9.59 Å². The molecule has 1 aliphatic rings. The topological polar surface area (TPSA) is 88.9 Å². The maximum atomic E-state index is 12.7. The molecule has 1 aromatic carbocycles. The highest BCUT2D eigenvalue weighted by Crippen LogP contribution is 2.26. The Morgan fingerprint density at radius 1 is 1.16 bits per heavy atom. The van der Waals surface area contributed by atoms with E-state index >= 15 is 0 Å². The summed E-state index contributed by atoms with van der Waals surface area (Å²) >= 11 is 1.40. The van der Waals surface area contributed by atoms with Gasteiger partial charge in [-0.1, -0.05) is 63.6 Å². The maximum Gasteiger partial charge on any atom is 0.251 e. The van der Waals surface area contributed by atoms with Crippen LogP contribution in [0.4, 0.5) is 0 Å². The largest absolute Gasteiger partial charge is 0.352 e. The van der Waals surface area contributed by atoms with Crippen molar-refractivity contribution >= 4 is 23.6 Å². The van der Waals surface area contributed by atoms with Gasteiger partial charge in [0.2, 0.25) is 5.91 Å². The molecule has 0 aliphatic heterocycles. The molecule has 0 unspecified atom stereocenters. The maximum absolute atomic E-state index is 12.7. The Morgan fingerprint density at radius 2 is 1.88 bits per heavy atom. The minimum Gasteiger partial charge on any atom is -0.352 e. The van der Waals surface area contributed by atoms with E-state index in [0.29, 0.717) is 28.9 Å². The molecule has 0 spiro atoms. The molecule has 2 amide bonds. The van der Waals surface area contributed by atoms with Crippen LogP contribution in [-0.2, 0) is 11.3 Å². The van der Waals surface area contributed by atoms with E-state index in [1.807, 2.05) is 29.7 Å². The van der Waals surface area contributed by atoms with Gasteiger partial charge in [-0.15, -0.1) is 10.2 Å². The van der Waals surface area contributed by atoms with Crippen LogP contribution in [0.15, 0.2) is 35.5 Å². The number of nitrogens with one attached hydrogen (secondary N) is 2. The monoisotopic (exact) mass is 457 g/mol. The van der Waals surface area contributed by atoms with Crippen molar-refractivity contribution in [1.29, 1.82) is 0 Å². The van der Waals surface area contributed by atoms with E-state index in [1.165, 1.54) is 31.0 Å². The summed E-state index contributed by atoms with van der Waals surface area (Å²) in [6.07, 6.45) is 4.67. The molecule has 7 nitrogen and oxygen atoms in total. The second-order valence-electron chi connectivity index (χ2n) is 8.87. The first kappa shape index (κ1) is 24.3. The molecular formula is C24H35N5O2S. The number of hydrogen-bond donors (Lipinski definition) is 2. The minimum absolute atomic E-state index is 0.0405. The third-order valence-corrected chi connectivity index (χ3v) is 7.09. The lowest BCUT2D eigenvalue weighted by Gasteiger charge is -2.29. The van der Waals surface area contributed by atoms with Crippen LogP contribution in [0.2, 0.25) is 0 Å². The smallest absolute Gasteiger partial charge is 0.251 e. The molecule has 1 aliphatic carbocycles. The highest BCUT2D eigenvalue weighted by molar-refractivity contribution is 7.99. The van der Waals surface area contributed by atoms with E-state index in [-0.39, 0.29) is 29.8 Å². The van der Waals surface area contributed by atoms with Gasteiger partial charge in [-0.2, -0.15) is 0 Å². The summed E-state index contributed by atoms with van der Waals surface area (Å²) in [5.74, 6) is 1.60. The van der Waals surface area contributed by atoms with Gasteiger partial charge in [-0.25, -0.2) is 0 Å². The van der Waals surface area contributed by atoms with E-state index in [1.54, 1.807) is 12.1 Å². The first-order chi connectivity index (χ1) is 15.4. The summed E-state index contributed by atoms with van der Waals surface area (Å²) in [5, 5.41) is 15.8. The van der Waals surface area contributed by atoms with Crippen LogP contribution in [0, 0.1) is 11.8 Å². The van der Waals surface area contributed by atoms with Crippen LogP contribution in [0.25, 0.3) is 0 Å². The first-order valence-electron chi connectivity index (χ1n) is 11.6. The molecule has 0 radical (unpaired) electrons. The van der Waals surface area contributed by atoms with Gasteiger partial charge in [0, 0.05) is 18.2 Å². The fourth-order valence-electron chi connectivity index (χ4n) is 4.19. The van der Waals surface area contributed by atoms with Gasteiger partial charge in [0.15, 0.2) is 11.0 Å². The molecule has 1 fully saturated rings. The SMILES string of the molecule is CCn1c(SCC(=O)N[C@@H]2CCCC[C@@H]2C)nnc1[C@H](NC(=O)c1ccccc1)C(C)C. The number of hydrogen-bond acceptors (Lipinski definition) is 5. The van der Waals surface area contributed by atoms with E-state index in [0.717, 1.165) is 12.2 Å². The number of amides is 2. The van der Waals surface area contributed by atoms with Crippen molar-refractivity contribution in [3.8, 4) is 0 Å². The van der Waals surface area contributed by atoms with Crippen molar-refractivity contribution in [1.82, 2.24) is 25.4 Å². The Bertz CT molecular complexity index is 899. The number of thioether (sulfide) groups is 1. The zero-order chi connectivity index (χ0) is 23.1. The number of carbonyl (C=O) groups excluding carboxylic acids is 2. The van der Waals surface area contributed by atoms with Crippen molar-refractivity contribution in [2.45, 2.75) is 77.2 Å². The molecule has 3 atom stereocenters. The molecular weight excluding hydrogens is 422 g/mol. The molecule has 3 rings (SSSR count). The molecule has 0 saturated heterocycles. The van der Waals surface area contributed by atoms with Crippen LogP contribution in [-0.4, -0.2) is 38.4 Å². The summed E-state index contributed by atoms with van der Waals surface area (Å²) in [5.41, 5.74) is 0.615. The molecule has 32 heavy (non-hydrogen) atoms. The van der Waals surface area contributed by atoms with Gasteiger partial charge in [0.25, 0.3) is 5.91 Å².